The van der Waals surface area contributed by atoms with Gasteiger partial charge in [0.05, 0.1) is 12.7 Å². The van der Waals surface area contributed by atoms with E-state index in [0.717, 1.165) is 19.4 Å². The van der Waals surface area contributed by atoms with Crippen molar-refractivity contribution in [2.45, 2.75) is 18.9 Å². The van der Waals surface area contributed by atoms with E-state index in [9.17, 15) is 0 Å². The first kappa shape index (κ1) is 9.18. The van der Waals surface area contributed by atoms with Crippen LogP contribution in [0.25, 0.3) is 0 Å². The van der Waals surface area contributed by atoms with Gasteiger partial charge in [-0.05, 0) is 12.8 Å². The summed E-state index contributed by atoms with van der Waals surface area (Å²) < 4.78 is 5.05. The molecule has 0 aliphatic carbocycles. The standard InChI is InChI=1S/C5H10O2.Ca.2H/c6-4-5-2-1-3-7-5;;;/h5-6H,1-4H2;;;. The number of hydrogen-bond acceptors (Lipinski definition) is 2. The summed E-state index contributed by atoms with van der Waals surface area (Å²) in [5.41, 5.74) is 0. The fourth-order valence-corrected chi connectivity index (χ4v) is 0.788. The van der Waals surface area contributed by atoms with Crippen molar-refractivity contribution >= 4 is 37.7 Å². The van der Waals surface area contributed by atoms with Crippen LogP contribution >= 0.6 is 0 Å². The topological polar surface area (TPSA) is 29.5 Å². The predicted molar refractivity (Wildman–Crippen MR) is 34.6 cm³/mol. The van der Waals surface area contributed by atoms with Crippen molar-refractivity contribution in [2.75, 3.05) is 13.2 Å². The number of rotatable bonds is 1. The average Bonchev–Trinajstić information content (AvgIpc) is 2.14. The third-order valence-corrected chi connectivity index (χ3v) is 1.23. The third kappa shape index (κ3) is 2.65. The second-order valence-corrected chi connectivity index (χ2v) is 1.82. The number of aliphatic hydroxyl groups is 1. The Bertz CT molecular complexity index is 52.4. The molecular formula is C5H12CaO2. The normalized spacial score (nSPS) is 27.4. The second-order valence-electron chi connectivity index (χ2n) is 1.82. The van der Waals surface area contributed by atoms with Crippen molar-refractivity contribution in [1.29, 1.82) is 0 Å². The van der Waals surface area contributed by atoms with Gasteiger partial charge in [-0.25, -0.2) is 0 Å². The molecule has 1 rings (SSSR count). The van der Waals surface area contributed by atoms with Crippen molar-refractivity contribution in [1.82, 2.24) is 0 Å². The molecule has 1 N–H and O–H groups in total. The van der Waals surface area contributed by atoms with Gasteiger partial charge in [-0.15, -0.1) is 0 Å². The Morgan fingerprint density at radius 3 is 2.62 bits per heavy atom. The summed E-state index contributed by atoms with van der Waals surface area (Å²) in [4.78, 5) is 0. The van der Waals surface area contributed by atoms with E-state index in [2.05, 4.69) is 0 Å². The fraction of sp³-hybridized carbons (Fsp3) is 1.00. The van der Waals surface area contributed by atoms with Crippen LogP contribution in [0.3, 0.4) is 0 Å². The zero-order chi connectivity index (χ0) is 5.11. The fourth-order valence-electron chi connectivity index (χ4n) is 0.788. The zero-order valence-corrected chi connectivity index (χ0v) is 4.26. The van der Waals surface area contributed by atoms with Gasteiger partial charge in [0.25, 0.3) is 0 Å². The molecule has 0 aromatic rings. The molecule has 0 amide bonds. The Morgan fingerprint density at radius 1 is 1.62 bits per heavy atom. The SMILES string of the molecule is OCC1CCCO1.[CaH2]. The molecular weight excluding hydrogens is 132 g/mol. The van der Waals surface area contributed by atoms with Crippen LogP contribution in [0.5, 0.6) is 0 Å². The molecule has 1 aliphatic heterocycles. The van der Waals surface area contributed by atoms with Gasteiger partial charge in [0.15, 0.2) is 0 Å². The Hall–Kier alpha value is 1.18. The van der Waals surface area contributed by atoms with Crippen LogP contribution in [0.4, 0.5) is 0 Å². The monoisotopic (exact) mass is 144 g/mol. The summed E-state index contributed by atoms with van der Waals surface area (Å²) in [5.74, 6) is 0. The van der Waals surface area contributed by atoms with Crippen LogP contribution in [-0.2, 0) is 4.74 Å². The van der Waals surface area contributed by atoms with Crippen LogP contribution in [0.1, 0.15) is 12.8 Å². The molecule has 1 unspecified atom stereocenters. The molecule has 0 radical (unpaired) electrons. The van der Waals surface area contributed by atoms with E-state index in [1.807, 2.05) is 0 Å². The number of ether oxygens (including phenoxy) is 1. The molecule has 8 heavy (non-hydrogen) atoms. The van der Waals surface area contributed by atoms with Gasteiger partial charge in [-0.2, -0.15) is 0 Å². The van der Waals surface area contributed by atoms with E-state index >= 15 is 0 Å². The zero-order valence-electron chi connectivity index (χ0n) is 4.26. The van der Waals surface area contributed by atoms with E-state index in [1.54, 1.807) is 0 Å². The van der Waals surface area contributed by atoms with Crippen molar-refractivity contribution in [3.8, 4) is 0 Å². The van der Waals surface area contributed by atoms with Gasteiger partial charge in [-0.3, -0.25) is 0 Å². The number of aliphatic hydroxyl groups excluding tert-OH is 1. The molecule has 1 fully saturated rings. The van der Waals surface area contributed by atoms with Gasteiger partial charge >= 0.3 is 37.7 Å². The predicted octanol–water partition coefficient (Wildman–Crippen LogP) is -0.759. The first-order chi connectivity index (χ1) is 3.43. The molecule has 46 valence electrons. The van der Waals surface area contributed by atoms with Gasteiger partial charge in [0.1, 0.15) is 0 Å². The van der Waals surface area contributed by atoms with E-state index < -0.39 is 0 Å². The molecule has 1 aliphatic rings. The number of hydrogen-bond donors (Lipinski definition) is 1. The van der Waals surface area contributed by atoms with Crippen LogP contribution in [0.2, 0.25) is 0 Å². The Balaban J connectivity index is 0.000000490. The quantitative estimate of drug-likeness (QED) is 0.490. The Labute approximate surface area is 79.2 Å². The summed E-state index contributed by atoms with van der Waals surface area (Å²) in [6.07, 6.45) is 2.31. The summed E-state index contributed by atoms with van der Waals surface area (Å²) in [6.45, 7) is 1.03. The van der Waals surface area contributed by atoms with Gasteiger partial charge in [0.2, 0.25) is 0 Å². The van der Waals surface area contributed by atoms with Crippen molar-refractivity contribution in [3.63, 3.8) is 0 Å². The van der Waals surface area contributed by atoms with Gasteiger partial charge in [0, 0.05) is 6.61 Å². The molecule has 0 aromatic carbocycles. The molecule has 2 nitrogen and oxygen atoms in total. The summed E-state index contributed by atoms with van der Waals surface area (Å²) in [6, 6.07) is 0. The minimum absolute atomic E-state index is 0. The van der Waals surface area contributed by atoms with Crippen LogP contribution in [-0.4, -0.2) is 62.2 Å². The van der Waals surface area contributed by atoms with Crippen LogP contribution in [0.15, 0.2) is 0 Å². The van der Waals surface area contributed by atoms with Gasteiger partial charge < -0.3 is 9.84 Å². The molecule has 0 aromatic heterocycles. The molecule has 0 spiro atoms. The summed E-state index contributed by atoms with van der Waals surface area (Å²) in [7, 11) is 0. The molecule has 1 heterocycles. The van der Waals surface area contributed by atoms with Crippen molar-refractivity contribution in [3.05, 3.63) is 0 Å². The van der Waals surface area contributed by atoms with Crippen LogP contribution < -0.4 is 0 Å². The van der Waals surface area contributed by atoms with Crippen molar-refractivity contribution in [2.24, 2.45) is 0 Å². The summed E-state index contributed by atoms with van der Waals surface area (Å²) in [5, 5.41) is 8.44. The Kier molecular flexibility index (Phi) is 5.74. The molecule has 1 saturated heterocycles. The average molecular weight is 144 g/mol. The van der Waals surface area contributed by atoms with E-state index in [0.29, 0.717) is 0 Å². The van der Waals surface area contributed by atoms with Crippen molar-refractivity contribution < 1.29 is 9.84 Å². The van der Waals surface area contributed by atoms with E-state index in [1.165, 1.54) is 0 Å². The van der Waals surface area contributed by atoms with Gasteiger partial charge in [-0.1, -0.05) is 0 Å². The van der Waals surface area contributed by atoms with Crippen LogP contribution in [0, 0.1) is 0 Å². The summed E-state index contributed by atoms with van der Waals surface area (Å²) >= 11 is 0. The maximum absolute atomic E-state index is 8.44. The molecule has 0 bridgehead atoms. The molecule has 3 heteroatoms. The second kappa shape index (κ2) is 5.00. The molecule has 1 atom stereocenters. The maximum atomic E-state index is 8.44. The molecule has 0 saturated carbocycles. The third-order valence-electron chi connectivity index (χ3n) is 1.23. The van der Waals surface area contributed by atoms with E-state index in [-0.39, 0.29) is 50.4 Å². The van der Waals surface area contributed by atoms with E-state index in [4.69, 9.17) is 9.84 Å². The first-order valence-corrected chi connectivity index (χ1v) is 2.66. The Morgan fingerprint density at radius 2 is 2.38 bits per heavy atom. The first-order valence-electron chi connectivity index (χ1n) is 2.66. The minimum atomic E-state index is 0.